The van der Waals surface area contributed by atoms with Gasteiger partial charge in [-0.15, -0.1) is 0 Å². The first-order chi connectivity index (χ1) is 15.2. The minimum Gasteiger partial charge on any atom is -0.456 e. The van der Waals surface area contributed by atoms with E-state index in [0.717, 1.165) is 34.0 Å². The molecule has 1 aliphatic heterocycles. The number of aryl methyl sites for hydroxylation is 3. The van der Waals surface area contributed by atoms with Crippen LogP contribution in [0.4, 0.5) is 10.5 Å². The molecule has 3 aromatic rings. The molecular weight excluding hydrogens is 428 g/mol. The zero-order chi connectivity index (χ0) is 23.0. The van der Waals surface area contributed by atoms with Gasteiger partial charge in [-0.25, -0.2) is 0 Å². The van der Waals surface area contributed by atoms with E-state index in [1.54, 1.807) is 18.2 Å². The molecule has 2 amide bonds. The summed E-state index contributed by atoms with van der Waals surface area (Å²) >= 11 is 0.848. The molecule has 0 unspecified atom stereocenters. The molecular formula is C24H20N2O5S. The molecule has 1 fully saturated rings. The second-order valence-electron chi connectivity index (χ2n) is 7.67. The van der Waals surface area contributed by atoms with E-state index in [1.165, 1.54) is 17.0 Å². The quantitative estimate of drug-likeness (QED) is 0.269. The first-order valence-corrected chi connectivity index (χ1v) is 10.7. The lowest BCUT2D eigenvalue weighted by molar-refractivity contribution is -0.384. The number of benzene rings is 2. The van der Waals surface area contributed by atoms with Crippen LogP contribution in [-0.4, -0.2) is 21.0 Å². The summed E-state index contributed by atoms with van der Waals surface area (Å²) in [6, 6.07) is 14.1. The third-order valence-electron chi connectivity index (χ3n) is 5.27. The molecule has 1 aliphatic rings. The number of imide groups is 1. The van der Waals surface area contributed by atoms with Gasteiger partial charge < -0.3 is 4.42 Å². The molecule has 1 aromatic heterocycles. The molecule has 0 radical (unpaired) electrons. The normalized spacial score (nSPS) is 15.1. The third kappa shape index (κ3) is 4.22. The van der Waals surface area contributed by atoms with Crippen molar-refractivity contribution in [3.8, 4) is 11.3 Å². The molecule has 0 N–H and O–H groups in total. The molecule has 7 nitrogen and oxygen atoms in total. The first-order valence-electron chi connectivity index (χ1n) is 9.89. The van der Waals surface area contributed by atoms with Crippen LogP contribution in [0.5, 0.6) is 0 Å². The highest BCUT2D eigenvalue weighted by Gasteiger charge is 2.35. The van der Waals surface area contributed by atoms with Crippen molar-refractivity contribution in [2.45, 2.75) is 27.3 Å². The number of hydrogen-bond acceptors (Lipinski definition) is 6. The molecule has 2 heterocycles. The summed E-state index contributed by atoms with van der Waals surface area (Å²) in [4.78, 5) is 37.7. The molecule has 0 saturated carbocycles. The standard InChI is InChI=1S/C24H20N2O5S/c1-14-5-4-6-17(9-14)13-25-23(27)22(32-24(25)28)12-18-7-8-21(31-18)19-10-15(2)16(3)11-20(19)26(29)30/h4-12H,13H2,1-3H3/b22-12-. The second kappa shape index (κ2) is 8.47. The van der Waals surface area contributed by atoms with Gasteiger partial charge in [-0.3, -0.25) is 24.6 Å². The average molecular weight is 449 g/mol. The van der Waals surface area contributed by atoms with Crippen molar-refractivity contribution in [2.24, 2.45) is 0 Å². The molecule has 0 bridgehead atoms. The number of hydrogen-bond donors (Lipinski definition) is 0. The maximum absolute atomic E-state index is 12.8. The summed E-state index contributed by atoms with van der Waals surface area (Å²) in [5.41, 5.74) is 3.96. The molecule has 32 heavy (non-hydrogen) atoms. The van der Waals surface area contributed by atoms with Crippen LogP contribution in [0.1, 0.15) is 28.0 Å². The van der Waals surface area contributed by atoms with Crippen molar-refractivity contribution in [2.75, 3.05) is 0 Å². The first kappa shape index (κ1) is 21.6. The Kier molecular flexibility index (Phi) is 5.71. The van der Waals surface area contributed by atoms with E-state index in [2.05, 4.69) is 0 Å². The van der Waals surface area contributed by atoms with Crippen molar-refractivity contribution in [1.29, 1.82) is 0 Å². The third-order valence-corrected chi connectivity index (χ3v) is 6.18. The van der Waals surface area contributed by atoms with E-state index in [4.69, 9.17) is 4.42 Å². The number of amides is 2. The zero-order valence-corrected chi connectivity index (χ0v) is 18.6. The lowest BCUT2D eigenvalue weighted by Crippen LogP contribution is -2.27. The predicted molar refractivity (Wildman–Crippen MR) is 123 cm³/mol. The minimum absolute atomic E-state index is 0.0486. The number of nitro groups is 1. The highest BCUT2D eigenvalue weighted by Crippen LogP contribution is 2.36. The van der Waals surface area contributed by atoms with Gasteiger partial charge in [0.1, 0.15) is 11.5 Å². The SMILES string of the molecule is Cc1cccc(CN2C(=O)S/C(=C\c3ccc(-c4cc(C)c(C)cc4[N+](=O)[O-])o3)C2=O)c1. The maximum Gasteiger partial charge on any atom is 0.293 e. The van der Waals surface area contributed by atoms with Gasteiger partial charge >= 0.3 is 0 Å². The molecule has 8 heteroatoms. The van der Waals surface area contributed by atoms with Crippen LogP contribution in [0.3, 0.4) is 0 Å². The Bertz CT molecular complexity index is 1290. The molecule has 0 spiro atoms. The highest BCUT2D eigenvalue weighted by atomic mass is 32.2. The Morgan fingerprint density at radius 1 is 1.06 bits per heavy atom. The highest BCUT2D eigenvalue weighted by molar-refractivity contribution is 8.18. The number of nitro benzene ring substituents is 1. The van der Waals surface area contributed by atoms with Crippen molar-refractivity contribution >= 4 is 34.7 Å². The number of carbonyl (C=O) groups is 2. The van der Waals surface area contributed by atoms with Crippen LogP contribution in [0, 0.1) is 30.9 Å². The van der Waals surface area contributed by atoms with Crippen LogP contribution >= 0.6 is 11.8 Å². The molecule has 0 aliphatic carbocycles. The largest absolute Gasteiger partial charge is 0.456 e. The van der Waals surface area contributed by atoms with Crippen LogP contribution in [0.2, 0.25) is 0 Å². The topological polar surface area (TPSA) is 93.7 Å². The summed E-state index contributed by atoms with van der Waals surface area (Å²) in [5, 5.41) is 11.1. The fourth-order valence-electron chi connectivity index (χ4n) is 3.48. The van der Waals surface area contributed by atoms with Crippen LogP contribution in [0.15, 0.2) is 57.9 Å². The number of thioether (sulfide) groups is 1. The van der Waals surface area contributed by atoms with Gasteiger partial charge in [0.15, 0.2) is 0 Å². The second-order valence-corrected chi connectivity index (χ2v) is 8.66. The lowest BCUT2D eigenvalue weighted by atomic mass is 10.0. The van der Waals surface area contributed by atoms with E-state index < -0.39 is 10.8 Å². The number of nitrogens with zero attached hydrogens (tertiary/aromatic N) is 2. The van der Waals surface area contributed by atoms with E-state index >= 15 is 0 Å². The summed E-state index contributed by atoms with van der Waals surface area (Å²) < 4.78 is 5.79. The van der Waals surface area contributed by atoms with Crippen molar-refractivity contribution in [3.63, 3.8) is 0 Å². The van der Waals surface area contributed by atoms with Gasteiger partial charge in [0.25, 0.3) is 16.8 Å². The smallest absolute Gasteiger partial charge is 0.293 e. The van der Waals surface area contributed by atoms with E-state index in [0.29, 0.717) is 17.1 Å². The Morgan fingerprint density at radius 3 is 2.53 bits per heavy atom. The van der Waals surface area contributed by atoms with Gasteiger partial charge in [0.2, 0.25) is 0 Å². The molecule has 1 saturated heterocycles. The molecule has 4 rings (SSSR count). The summed E-state index contributed by atoms with van der Waals surface area (Å²) in [7, 11) is 0. The van der Waals surface area contributed by atoms with Crippen molar-refractivity contribution in [3.05, 3.63) is 91.6 Å². The minimum atomic E-state index is -0.444. The Balaban J connectivity index is 1.60. The van der Waals surface area contributed by atoms with Gasteiger partial charge in [0, 0.05) is 12.1 Å². The Hall–Kier alpha value is -3.65. The lowest BCUT2D eigenvalue weighted by Gasteiger charge is -2.12. The Labute approximate surface area is 188 Å². The number of rotatable bonds is 5. The fourth-order valence-corrected chi connectivity index (χ4v) is 4.30. The predicted octanol–water partition coefficient (Wildman–Crippen LogP) is 6.02. The van der Waals surface area contributed by atoms with Crippen molar-refractivity contribution < 1.29 is 18.9 Å². The van der Waals surface area contributed by atoms with E-state index in [9.17, 15) is 19.7 Å². The summed E-state index contributed by atoms with van der Waals surface area (Å²) in [6.07, 6.45) is 1.50. The van der Waals surface area contributed by atoms with Crippen LogP contribution in [0.25, 0.3) is 17.4 Å². The summed E-state index contributed by atoms with van der Waals surface area (Å²) in [5.74, 6) is 0.273. The maximum atomic E-state index is 12.8. The molecule has 162 valence electrons. The fraction of sp³-hybridized carbons (Fsp3) is 0.167. The Morgan fingerprint density at radius 2 is 1.81 bits per heavy atom. The van der Waals surface area contributed by atoms with E-state index in [-0.39, 0.29) is 22.4 Å². The van der Waals surface area contributed by atoms with Crippen LogP contribution < -0.4 is 0 Å². The van der Waals surface area contributed by atoms with Gasteiger partial charge in [0.05, 0.1) is 21.9 Å². The van der Waals surface area contributed by atoms with Gasteiger partial charge in [-0.05, 0) is 67.4 Å². The number of furan rings is 1. The zero-order valence-electron chi connectivity index (χ0n) is 17.7. The molecule has 2 aromatic carbocycles. The molecule has 0 atom stereocenters. The number of carbonyl (C=O) groups excluding carboxylic acids is 2. The average Bonchev–Trinajstić information content (AvgIpc) is 3.30. The monoisotopic (exact) mass is 448 g/mol. The van der Waals surface area contributed by atoms with E-state index in [1.807, 2.05) is 45.0 Å². The van der Waals surface area contributed by atoms with Crippen LogP contribution in [-0.2, 0) is 11.3 Å². The van der Waals surface area contributed by atoms with Crippen molar-refractivity contribution in [1.82, 2.24) is 4.90 Å². The summed E-state index contributed by atoms with van der Waals surface area (Å²) in [6.45, 7) is 5.83. The van der Waals surface area contributed by atoms with Gasteiger partial charge in [-0.2, -0.15) is 0 Å². The van der Waals surface area contributed by atoms with Gasteiger partial charge in [-0.1, -0.05) is 29.8 Å².